The Morgan fingerprint density at radius 3 is 2.82 bits per heavy atom. The molecule has 2 aromatic rings. The van der Waals surface area contributed by atoms with Crippen LogP contribution in [0.5, 0.6) is 0 Å². The molecule has 2 heterocycles. The van der Waals surface area contributed by atoms with Crippen LogP contribution in [0.2, 0.25) is 0 Å². The number of rotatable bonds is 2. The van der Waals surface area contributed by atoms with Gasteiger partial charge < -0.3 is 5.73 Å². The van der Waals surface area contributed by atoms with Crippen LogP contribution in [0.1, 0.15) is 24.5 Å². The Bertz CT molecular complexity index is 542. The van der Waals surface area contributed by atoms with Crippen molar-refractivity contribution in [1.29, 1.82) is 5.26 Å². The molecule has 0 aliphatic rings. The second-order valence-electron chi connectivity index (χ2n) is 3.19. The molecule has 0 aliphatic carbocycles. The third-order valence-electron chi connectivity index (χ3n) is 2.01. The molecule has 17 heavy (non-hydrogen) atoms. The van der Waals surface area contributed by atoms with Crippen LogP contribution in [0.25, 0.3) is 5.69 Å². The minimum Gasteiger partial charge on any atom is -0.322 e. The maximum Gasteiger partial charge on any atom is 0.169 e. The van der Waals surface area contributed by atoms with E-state index in [-0.39, 0.29) is 24.1 Å². The molecular weight excluding hydrogens is 242 g/mol. The molecule has 0 saturated carbocycles. The third-order valence-corrected chi connectivity index (χ3v) is 2.01. The second-order valence-corrected chi connectivity index (χ2v) is 3.19. The number of nitriles is 1. The van der Waals surface area contributed by atoms with Crippen molar-refractivity contribution < 1.29 is 0 Å². The summed E-state index contributed by atoms with van der Waals surface area (Å²) < 4.78 is 1.48. The highest BCUT2D eigenvalue weighted by molar-refractivity contribution is 5.85. The van der Waals surface area contributed by atoms with Crippen molar-refractivity contribution in [3.8, 4) is 11.8 Å². The second kappa shape index (κ2) is 5.34. The fourth-order valence-corrected chi connectivity index (χ4v) is 1.31. The first kappa shape index (κ1) is 13.0. The Kier molecular flexibility index (Phi) is 4.09. The summed E-state index contributed by atoms with van der Waals surface area (Å²) >= 11 is 0. The Balaban J connectivity index is 0.00000144. The van der Waals surface area contributed by atoms with Crippen LogP contribution in [0, 0.1) is 11.3 Å². The normalized spacial score (nSPS) is 11.4. The van der Waals surface area contributed by atoms with Gasteiger partial charge in [-0.1, -0.05) is 0 Å². The molecule has 1 unspecified atom stereocenters. The monoisotopic (exact) mass is 251 g/mol. The van der Waals surface area contributed by atoms with Crippen molar-refractivity contribution in [2.45, 2.75) is 13.0 Å². The van der Waals surface area contributed by atoms with Gasteiger partial charge >= 0.3 is 0 Å². The number of aromatic nitrogens is 5. The first-order chi connectivity index (χ1) is 7.74. The quantitative estimate of drug-likeness (QED) is 0.826. The predicted octanol–water partition coefficient (Wildman–Crippen LogP) is 0.370. The molecule has 7 nitrogen and oxygen atoms in total. The summed E-state index contributed by atoms with van der Waals surface area (Å²) in [4.78, 5) is 11.7. The highest BCUT2D eigenvalue weighted by atomic mass is 35.5. The van der Waals surface area contributed by atoms with Crippen LogP contribution in [0.3, 0.4) is 0 Å². The highest BCUT2D eigenvalue weighted by Crippen LogP contribution is 2.13. The fourth-order valence-electron chi connectivity index (χ4n) is 1.31. The van der Waals surface area contributed by atoms with Crippen LogP contribution in [0.15, 0.2) is 18.9 Å². The van der Waals surface area contributed by atoms with Gasteiger partial charge in [-0.3, -0.25) is 0 Å². The van der Waals surface area contributed by atoms with Gasteiger partial charge in [-0.05, 0) is 6.92 Å². The van der Waals surface area contributed by atoms with Gasteiger partial charge in [0, 0.05) is 0 Å². The molecule has 0 bridgehead atoms. The van der Waals surface area contributed by atoms with E-state index in [1.54, 1.807) is 6.92 Å². The molecule has 2 aromatic heterocycles. The zero-order valence-electron chi connectivity index (χ0n) is 8.98. The minimum absolute atomic E-state index is 0. The van der Waals surface area contributed by atoms with Gasteiger partial charge in [0.05, 0.1) is 12.2 Å². The van der Waals surface area contributed by atoms with Gasteiger partial charge in [-0.2, -0.15) is 10.4 Å². The number of nitrogens with two attached hydrogens (primary N) is 1. The smallest absolute Gasteiger partial charge is 0.169 e. The van der Waals surface area contributed by atoms with Crippen molar-refractivity contribution in [2.75, 3.05) is 0 Å². The van der Waals surface area contributed by atoms with E-state index in [1.807, 2.05) is 6.07 Å². The first-order valence-electron chi connectivity index (χ1n) is 4.60. The predicted molar refractivity (Wildman–Crippen MR) is 61.5 cm³/mol. The molecule has 0 amide bonds. The SMILES string of the molecule is CC(N)c1ncnn1-c1cncnc1C#N.Cl. The molecule has 1 atom stereocenters. The molecule has 0 radical (unpaired) electrons. The number of hydrogen-bond donors (Lipinski definition) is 1. The van der Waals surface area contributed by atoms with Crippen molar-refractivity contribution in [2.24, 2.45) is 5.73 Å². The van der Waals surface area contributed by atoms with E-state index in [9.17, 15) is 0 Å². The van der Waals surface area contributed by atoms with Crippen molar-refractivity contribution in [3.63, 3.8) is 0 Å². The third kappa shape index (κ3) is 2.38. The van der Waals surface area contributed by atoms with Crippen LogP contribution >= 0.6 is 12.4 Å². The van der Waals surface area contributed by atoms with Gasteiger partial charge in [0.25, 0.3) is 0 Å². The van der Waals surface area contributed by atoms with E-state index in [0.717, 1.165) is 0 Å². The maximum absolute atomic E-state index is 8.91. The lowest BCUT2D eigenvalue weighted by Gasteiger charge is -2.08. The highest BCUT2D eigenvalue weighted by Gasteiger charge is 2.14. The summed E-state index contributed by atoms with van der Waals surface area (Å²) in [6, 6.07) is 1.69. The Hall–Kier alpha value is -2.04. The van der Waals surface area contributed by atoms with Gasteiger partial charge in [0.2, 0.25) is 0 Å². The van der Waals surface area contributed by atoms with E-state index >= 15 is 0 Å². The summed E-state index contributed by atoms with van der Waals surface area (Å²) in [5.74, 6) is 0.561. The molecule has 0 aromatic carbocycles. The molecule has 0 spiro atoms. The Labute approximate surface area is 104 Å². The van der Waals surface area contributed by atoms with Gasteiger partial charge in [-0.15, -0.1) is 12.4 Å². The van der Waals surface area contributed by atoms with E-state index < -0.39 is 0 Å². The lowest BCUT2D eigenvalue weighted by Crippen LogP contribution is -2.14. The topological polar surface area (TPSA) is 106 Å². The molecule has 8 heteroatoms. The fraction of sp³-hybridized carbons (Fsp3) is 0.222. The Morgan fingerprint density at radius 1 is 1.41 bits per heavy atom. The molecular formula is C9H10ClN7. The number of nitrogens with zero attached hydrogens (tertiary/aromatic N) is 6. The molecule has 0 saturated heterocycles. The lowest BCUT2D eigenvalue weighted by molar-refractivity contribution is 0.686. The van der Waals surface area contributed by atoms with E-state index in [1.165, 1.54) is 23.5 Å². The standard InChI is InChI=1S/C9H9N7.ClH/c1-6(11)9-14-5-15-16(9)8-3-12-4-13-7(8)2-10;/h3-6H,11H2,1H3;1H. The van der Waals surface area contributed by atoms with Gasteiger partial charge in [0.15, 0.2) is 5.69 Å². The average molecular weight is 252 g/mol. The van der Waals surface area contributed by atoms with E-state index in [0.29, 0.717) is 11.5 Å². The zero-order chi connectivity index (χ0) is 11.5. The summed E-state index contributed by atoms with van der Waals surface area (Å²) in [6.07, 6.45) is 4.20. The average Bonchev–Trinajstić information content (AvgIpc) is 2.77. The first-order valence-corrected chi connectivity index (χ1v) is 4.60. The lowest BCUT2D eigenvalue weighted by atomic mass is 10.3. The minimum atomic E-state index is -0.283. The molecule has 0 aliphatic heterocycles. The van der Waals surface area contributed by atoms with Crippen LogP contribution in [-0.2, 0) is 0 Å². The van der Waals surface area contributed by atoms with Crippen LogP contribution in [-0.4, -0.2) is 24.7 Å². The summed E-state index contributed by atoms with van der Waals surface area (Å²) in [6.45, 7) is 1.79. The van der Waals surface area contributed by atoms with Crippen molar-refractivity contribution in [3.05, 3.63) is 30.4 Å². The molecule has 2 N–H and O–H groups in total. The maximum atomic E-state index is 8.91. The molecule has 88 valence electrons. The summed E-state index contributed by atoms with van der Waals surface area (Å²) in [7, 11) is 0. The van der Waals surface area contributed by atoms with Crippen LogP contribution in [0.4, 0.5) is 0 Å². The van der Waals surface area contributed by atoms with E-state index in [2.05, 4.69) is 20.1 Å². The number of hydrogen-bond acceptors (Lipinski definition) is 6. The number of halogens is 1. The summed E-state index contributed by atoms with van der Waals surface area (Å²) in [5, 5.41) is 12.9. The summed E-state index contributed by atoms with van der Waals surface area (Å²) in [5.41, 5.74) is 6.46. The van der Waals surface area contributed by atoms with Crippen molar-refractivity contribution >= 4 is 12.4 Å². The van der Waals surface area contributed by atoms with E-state index in [4.69, 9.17) is 11.0 Å². The largest absolute Gasteiger partial charge is 0.322 e. The van der Waals surface area contributed by atoms with Crippen LogP contribution < -0.4 is 5.73 Å². The molecule has 0 fully saturated rings. The van der Waals surface area contributed by atoms with Gasteiger partial charge in [-0.25, -0.2) is 19.6 Å². The van der Waals surface area contributed by atoms with Crippen molar-refractivity contribution in [1.82, 2.24) is 24.7 Å². The Morgan fingerprint density at radius 2 is 2.18 bits per heavy atom. The zero-order valence-corrected chi connectivity index (χ0v) is 9.79. The molecule has 2 rings (SSSR count). The van der Waals surface area contributed by atoms with Gasteiger partial charge in [0.1, 0.15) is 30.2 Å².